The Bertz CT molecular complexity index is 1000. The van der Waals surface area contributed by atoms with Crippen molar-refractivity contribution in [2.75, 3.05) is 5.32 Å². The van der Waals surface area contributed by atoms with Crippen molar-refractivity contribution in [1.29, 1.82) is 0 Å². The molecule has 7 nitrogen and oxygen atoms in total. The van der Waals surface area contributed by atoms with E-state index < -0.39 is 0 Å². The summed E-state index contributed by atoms with van der Waals surface area (Å²) in [6.07, 6.45) is 6.67. The van der Waals surface area contributed by atoms with Gasteiger partial charge in [0.05, 0.1) is 24.0 Å². The Morgan fingerprint density at radius 3 is 2.61 bits per heavy atom. The van der Waals surface area contributed by atoms with Crippen LogP contribution in [0.4, 0.5) is 10.5 Å². The van der Waals surface area contributed by atoms with E-state index in [2.05, 4.69) is 17.2 Å². The zero-order chi connectivity index (χ0) is 21.4. The molecule has 3 amide bonds. The van der Waals surface area contributed by atoms with Gasteiger partial charge in [0.15, 0.2) is 0 Å². The fourth-order valence-corrected chi connectivity index (χ4v) is 4.77. The molecular weight excluding hydrogens is 390 g/mol. The zero-order valence-electron chi connectivity index (χ0n) is 17.8. The van der Waals surface area contributed by atoms with E-state index in [1.165, 1.54) is 12.8 Å². The van der Waals surface area contributed by atoms with E-state index in [4.69, 9.17) is 5.10 Å². The highest BCUT2D eigenvalue weighted by molar-refractivity contribution is 6.06. The van der Waals surface area contributed by atoms with Crippen molar-refractivity contribution in [3.05, 3.63) is 59.4 Å². The van der Waals surface area contributed by atoms with Crippen LogP contribution in [0.25, 0.3) is 0 Å². The van der Waals surface area contributed by atoms with E-state index in [9.17, 15) is 9.59 Å². The molecule has 0 bridgehead atoms. The standard InChI is InChI=1S/C24H27N5O2/c1-16-13-22(30)29(20-6-2-3-7-20)27-23(16)17-8-10-19(11-9-17)26-24(31)28-14-18-5-4-12-25-21(18)15-28/h4-5,8-12,16,20H,2-3,6-7,13-15H2,1H3,(H,26,31). The van der Waals surface area contributed by atoms with Crippen LogP contribution in [-0.2, 0) is 17.9 Å². The van der Waals surface area contributed by atoms with Gasteiger partial charge in [-0.3, -0.25) is 9.78 Å². The summed E-state index contributed by atoms with van der Waals surface area (Å²) in [5.74, 6) is 0.217. The molecule has 1 aliphatic carbocycles. The summed E-state index contributed by atoms with van der Waals surface area (Å²) in [4.78, 5) is 31.3. The Hall–Kier alpha value is -3.22. The summed E-state index contributed by atoms with van der Waals surface area (Å²) in [6.45, 7) is 3.16. The number of hydrogen-bond donors (Lipinski definition) is 1. The van der Waals surface area contributed by atoms with E-state index in [0.29, 0.717) is 19.5 Å². The van der Waals surface area contributed by atoms with Crippen LogP contribution >= 0.6 is 0 Å². The largest absolute Gasteiger partial charge is 0.322 e. The number of nitrogens with one attached hydrogen (secondary N) is 1. The van der Waals surface area contributed by atoms with Crippen LogP contribution in [0.3, 0.4) is 0 Å². The molecule has 5 rings (SSSR count). The minimum absolute atomic E-state index is 0.0844. The van der Waals surface area contributed by atoms with Gasteiger partial charge in [-0.25, -0.2) is 9.80 Å². The number of rotatable bonds is 3. The second-order valence-electron chi connectivity index (χ2n) is 8.74. The SMILES string of the molecule is CC1CC(=O)N(C2CCCC2)N=C1c1ccc(NC(=O)N2Cc3cccnc3C2)cc1. The fraction of sp³-hybridized carbons (Fsp3) is 0.417. The summed E-state index contributed by atoms with van der Waals surface area (Å²) < 4.78 is 0. The van der Waals surface area contributed by atoms with Crippen molar-refractivity contribution in [3.8, 4) is 0 Å². The third-order valence-electron chi connectivity index (χ3n) is 6.49. The Balaban J connectivity index is 1.28. The lowest BCUT2D eigenvalue weighted by Crippen LogP contribution is -2.41. The molecule has 0 radical (unpaired) electrons. The molecule has 160 valence electrons. The maximum atomic E-state index is 12.7. The van der Waals surface area contributed by atoms with Gasteiger partial charge in [0.25, 0.3) is 0 Å². The lowest BCUT2D eigenvalue weighted by Gasteiger charge is -2.31. The van der Waals surface area contributed by atoms with Gasteiger partial charge in [-0.15, -0.1) is 0 Å². The molecule has 7 heteroatoms. The molecule has 1 aromatic carbocycles. The quantitative estimate of drug-likeness (QED) is 0.815. The number of anilines is 1. The summed E-state index contributed by atoms with van der Waals surface area (Å²) in [7, 11) is 0. The average Bonchev–Trinajstić information content (AvgIpc) is 3.45. The van der Waals surface area contributed by atoms with E-state index in [1.807, 2.05) is 36.4 Å². The zero-order valence-corrected chi connectivity index (χ0v) is 17.8. The molecule has 3 aliphatic rings. The first-order chi connectivity index (χ1) is 15.1. The number of hydrogen-bond acceptors (Lipinski definition) is 4. The molecule has 1 saturated carbocycles. The minimum atomic E-state index is -0.132. The number of fused-ring (bicyclic) bond motifs is 1. The first-order valence-electron chi connectivity index (χ1n) is 11.1. The number of carbonyl (C=O) groups is 2. The number of benzene rings is 1. The number of carbonyl (C=O) groups excluding carboxylic acids is 2. The van der Waals surface area contributed by atoms with Gasteiger partial charge >= 0.3 is 6.03 Å². The van der Waals surface area contributed by atoms with Crippen LogP contribution in [0, 0.1) is 5.92 Å². The Labute approximate surface area is 182 Å². The van der Waals surface area contributed by atoms with Crippen molar-refractivity contribution < 1.29 is 9.59 Å². The number of hydrazone groups is 1. The maximum Gasteiger partial charge on any atom is 0.322 e. The first-order valence-corrected chi connectivity index (χ1v) is 11.1. The number of amides is 3. The third-order valence-corrected chi connectivity index (χ3v) is 6.49. The van der Waals surface area contributed by atoms with E-state index >= 15 is 0 Å². The molecule has 2 aromatic rings. The average molecular weight is 418 g/mol. The summed E-state index contributed by atoms with van der Waals surface area (Å²) in [5.41, 5.74) is 4.74. The molecule has 1 aromatic heterocycles. The molecule has 1 N–H and O–H groups in total. The molecule has 1 atom stereocenters. The predicted octanol–water partition coefficient (Wildman–Crippen LogP) is 4.14. The summed E-state index contributed by atoms with van der Waals surface area (Å²) >= 11 is 0. The van der Waals surface area contributed by atoms with Crippen molar-refractivity contribution in [3.63, 3.8) is 0 Å². The molecule has 1 unspecified atom stereocenters. The lowest BCUT2D eigenvalue weighted by atomic mass is 9.93. The van der Waals surface area contributed by atoms with Gasteiger partial charge in [-0.1, -0.05) is 38.0 Å². The molecule has 31 heavy (non-hydrogen) atoms. The van der Waals surface area contributed by atoms with Gasteiger partial charge in [0.1, 0.15) is 0 Å². The minimum Gasteiger partial charge on any atom is -0.314 e. The van der Waals surface area contributed by atoms with E-state index in [1.54, 1.807) is 16.1 Å². The van der Waals surface area contributed by atoms with Crippen LogP contribution in [0.5, 0.6) is 0 Å². The predicted molar refractivity (Wildman–Crippen MR) is 118 cm³/mol. The van der Waals surface area contributed by atoms with Gasteiger partial charge in [0, 0.05) is 30.8 Å². The van der Waals surface area contributed by atoms with Gasteiger partial charge in [-0.2, -0.15) is 5.10 Å². The van der Waals surface area contributed by atoms with Gasteiger partial charge < -0.3 is 10.2 Å². The highest BCUT2D eigenvalue weighted by Gasteiger charge is 2.33. The highest BCUT2D eigenvalue weighted by Crippen LogP contribution is 2.29. The topological polar surface area (TPSA) is 77.9 Å². The fourth-order valence-electron chi connectivity index (χ4n) is 4.77. The number of aromatic nitrogens is 1. The third kappa shape index (κ3) is 3.92. The maximum absolute atomic E-state index is 12.7. The van der Waals surface area contributed by atoms with Crippen LogP contribution in [-0.4, -0.2) is 38.6 Å². The van der Waals surface area contributed by atoms with Crippen molar-refractivity contribution in [1.82, 2.24) is 14.9 Å². The molecule has 2 aliphatic heterocycles. The van der Waals surface area contributed by atoms with Crippen molar-refractivity contribution in [2.24, 2.45) is 11.0 Å². The molecule has 0 saturated heterocycles. The lowest BCUT2D eigenvalue weighted by molar-refractivity contribution is -0.134. The van der Waals surface area contributed by atoms with Crippen LogP contribution in [0.2, 0.25) is 0 Å². The van der Waals surface area contributed by atoms with Crippen molar-refractivity contribution in [2.45, 2.75) is 58.2 Å². The normalized spacial score (nSPS) is 21.3. The smallest absolute Gasteiger partial charge is 0.314 e. The molecule has 0 spiro atoms. The Morgan fingerprint density at radius 1 is 1.10 bits per heavy atom. The Kier molecular flexibility index (Phi) is 5.18. The number of pyridine rings is 1. The Morgan fingerprint density at radius 2 is 1.87 bits per heavy atom. The van der Waals surface area contributed by atoms with Crippen molar-refractivity contribution >= 4 is 23.3 Å². The molecule has 3 heterocycles. The van der Waals surface area contributed by atoms with E-state index in [-0.39, 0.29) is 23.9 Å². The number of nitrogens with zero attached hydrogens (tertiary/aromatic N) is 4. The molecular formula is C24H27N5O2. The van der Waals surface area contributed by atoms with E-state index in [0.717, 1.165) is 41.1 Å². The van der Waals surface area contributed by atoms with Gasteiger partial charge in [0.2, 0.25) is 5.91 Å². The van der Waals surface area contributed by atoms with Crippen LogP contribution < -0.4 is 5.32 Å². The van der Waals surface area contributed by atoms with Gasteiger partial charge in [-0.05, 0) is 42.2 Å². The van der Waals surface area contributed by atoms with Crippen LogP contribution in [0.15, 0.2) is 47.7 Å². The monoisotopic (exact) mass is 417 g/mol. The number of urea groups is 1. The van der Waals surface area contributed by atoms with Crippen LogP contribution in [0.1, 0.15) is 55.8 Å². The summed E-state index contributed by atoms with van der Waals surface area (Å²) in [6, 6.07) is 11.8. The summed E-state index contributed by atoms with van der Waals surface area (Å²) in [5, 5.41) is 9.48. The molecule has 1 fully saturated rings. The first kappa shape index (κ1) is 19.7. The second kappa shape index (κ2) is 8.13. The second-order valence-corrected chi connectivity index (χ2v) is 8.74. The highest BCUT2D eigenvalue weighted by atomic mass is 16.2.